The Bertz CT molecular complexity index is 1230. The van der Waals surface area contributed by atoms with Crippen LogP contribution in [0.25, 0.3) is 32.6 Å². The molecule has 0 bridgehead atoms. The molecule has 1 saturated heterocycles. The summed E-state index contributed by atoms with van der Waals surface area (Å²) in [5, 5.41) is 7.18. The van der Waals surface area contributed by atoms with E-state index in [0.717, 1.165) is 6.07 Å². The van der Waals surface area contributed by atoms with E-state index < -0.39 is 17.2 Å². The number of benzene rings is 1. The van der Waals surface area contributed by atoms with Gasteiger partial charge >= 0.3 is 0 Å². The number of aromatic nitrogens is 3. The predicted molar refractivity (Wildman–Crippen MR) is 117 cm³/mol. The second-order valence-corrected chi connectivity index (χ2v) is 7.46. The van der Waals surface area contributed by atoms with Gasteiger partial charge in [-0.3, -0.25) is 0 Å². The number of pyridine rings is 1. The first-order valence-corrected chi connectivity index (χ1v) is 10.2. The number of ether oxygens (including phenoxy) is 3. The van der Waals surface area contributed by atoms with Crippen LogP contribution in [0.15, 0.2) is 23.4 Å². The highest BCUT2D eigenvalue weighted by Crippen LogP contribution is 2.38. The Morgan fingerprint density at radius 2 is 1.94 bits per heavy atom. The first kappa shape index (κ1) is 22.7. The highest BCUT2D eigenvalue weighted by Gasteiger charge is 2.26. The van der Waals surface area contributed by atoms with E-state index >= 15 is 0 Å². The average Bonchev–Trinajstić information content (AvgIpc) is 2.81. The highest BCUT2D eigenvalue weighted by atomic mass is 35.5. The van der Waals surface area contributed by atoms with Gasteiger partial charge in [0.2, 0.25) is 5.95 Å². The topological polar surface area (TPSA) is 127 Å². The summed E-state index contributed by atoms with van der Waals surface area (Å²) in [5.74, 6) is -2.09. The van der Waals surface area contributed by atoms with Crippen LogP contribution < -0.4 is 14.8 Å². The first-order valence-electron chi connectivity index (χ1n) is 9.79. The van der Waals surface area contributed by atoms with Crippen molar-refractivity contribution in [3.63, 3.8) is 0 Å². The van der Waals surface area contributed by atoms with Crippen molar-refractivity contribution in [3.8, 4) is 22.8 Å². The average molecular weight is 478 g/mol. The van der Waals surface area contributed by atoms with E-state index in [0.29, 0.717) is 25.0 Å². The smallest absolute Gasteiger partial charge is 0.223 e. The largest absolute Gasteiger partial charge is 0.494 e. The summed E-state index contributed by atoms with van der Waals surface area (Å²) in [5.41, 5.74) is 8.51. The Hall–Kier alpha value is -3.47. The molecule has 1 aliphatic heterocycles. The van der Waals surface area contributed by atoms with Gasteiger partial charge in [0.25, 0.3) is 0 Å². The molecule has 0 saturated carbocycles. The van der Waals surface area contributed by atoms with Gasteiger partial charge in [-0.05, 0) is 18.0 Å². The number of rotatable bonds is 6. The Kier molecular flexibility index (Phi) is 6.59. The van der Waals surface area contributed by atoms with Gasteiger partial charge in [0.1, 0.15) is 5.52 Å². The van der Waals surface area contributed by atoms with Crippen LogP contribution in [0.2, 0.25) is 5.15 Å². The van der Waals surface area contributed by atoms with Crippen molar-refractivity contribution in [3.05, 3.63) is 45.6 Å². The third-order valence-electron chi connectivity index (χ3n) is 5.19. The fourth-order valence-electron chi connectivity index (χ4n) is 3.54. The van der Waals surface area contributed by atoms with Gasteiger partial charge in [0.05, 0.1) is 44.2 Å². The third-order valence-corrected chi connectivity index (χ3v) is 5.45. The van der Waals surface area contributed by atoms with Crippen molar-refractivity contribution in [2.45, 2.75) is 18.5 Å². The predicted octanol–water partition coefficient (Wildman–Crippen LogP) is 4.52. The van der Waals surface area contributed by atoms with Crippen LogP contribution in [0.4, 0.5) is 14.7 Å². The van der Waals surface area contributed by atoms with Crippen molar-refractivity contribution in [1.29, 1.82) is 0 Å². The number of hydrogen-bond donors (Lipinski definition) is 1. The molecule has 1 fully saturated rings. The molecule has 33 heavy (non-hydrogen) atoms. The molecule has 0 spiro atoms. The van der Waals surface area contributed by atoms with Gasteiger partial charge in [0.15, 0.2) is 28.3 Å². The number of nitrogens with zero attached hydrogens (tertiary/aromatic N) is 6. The highest BCUT2D eigenvalue weighted by molar-refractivity contribution is 6.34. The van der Waals surface area contributed by atoms with Crippen LogP contribution in [0.1, 0.15) is 6.42 Å². The summed E-state index contributed by atoms with van der Waals surface area (Å²) < 4.78 is 45.2. The number of azide groups is 1. The lowest BCUT2D eigenvalue weighted by atomic mass is 10.1. The molecule has 10 nitrogen and oxygen atoms in total. The molecule has 0 amide bonds. The molecule has 1 unspecified atom stereocenters. The Balaban J connectivity index is 1.73. The van der Waals surface area contributed by atoms with Crippen LogP contribution in [0.5, 0.6) is 11.5 Å². The van der Waals surface area contributed by atoms with Crippen LogP contribution in [0, 0.1) is 11.6 Å². The monoisotopic (exact) mass is 477 g/mol. The van der Waals surface area contributed by atoms with Crippen molar-refractivity contribution < 1.29 is 23.0 Å². The maximum atomic E-state index is 14.9. The minimum Gasteiger partial charge on any atom is -0.494 e. The van der Waals surface area contributed by atoms with E-state index in [9.17, 15) is 8.78 Å². The molecule has 172 valence electrons. The Morgan fingerprint density at radius 3 is 2.61 bits per heavy atom. The van der Waals surface area contributed by atoms with Crippen molar-refractivity contribution in [2.24, 2.45) is 5.11 Å². The van der Waals surface area contributed by atoms with E-state index in [1.54, 1.807) is 0 Å². The summed E-state index contributed by atoms with van der Waals surface area (Å²) in [6.07, 6.45) is 2.00. The normalized spacial score (nSPS) is 18.0. The van der Waals surface area contributed by atoms with E-state index in [2.05, 4.69) is 30.3 Å². The van der Waals surface area contributed by atoms with Crippen LogP contribution in [-0.2, 0) is 4.74 Å². The van der Waals surface area contributed by atoms with Gasteiger partial charge in [-0.2, -0.15) is 0 Å². The number of fused-ring (bicyclic) bond motifs is 1. The molecular weight excluding hydrogens is 460 g/mol. The molecule has 1 aliphatic rings. The SMILES string of the molecule is COc1cc(OC)c(F)c(-c2cc3cnc(N[C@@H]4COCCC4N=[N+]=[N-])nc3c(Cl)n2)c1F. The fraction of sp³-hybridized carbons (Fsp3) is 0.350. The minimum atomic E-state index is -0.945. The van der Waals surface area contributed by atoms with Crippen molar-refractivity contribution in [2.75, 3.05) is 32.8 Å². The number of methoxy groups -OCH3 is 2. The summed E-state index contributed by atoms with van der Waals surface area (Å²) in [4.78, 5) is 15.6. The second-order valence-electron chi connectivity index (χ2n) is 7.10. The number of anilines is 1. The zero-order chi connectivity index (χ0) is 23.5. The zero-order valence-electron chi connectivity index (χ0n) is 17.5. The minimum absolute atomic E-state index is 0.0758. The molecular formula is C20H18ClF2N7O3. The van der Waals surface area contributed by atoms with Crippen LogP contribution in [-0.4, -0.2) is 54.5 Å². The summed E-state index contributed by atoms with van der Waals surface area (Å²) >= 11 is 6.33. The fourth-order valence-corrected chi connectivity index (χ4v) is 3.79. The van der Waals surface area contributed by atoms with Crippen LogP contribution >= 0.6 is 11.6 Å². The maximum Gasteiger partial charge on any atom is 0.223 e. The summed E-state index contributed by atoms with van der Waals surface area (Å²) in [7, 11) is 2.51. The third kappa shape index (κ3) is 4.40. The molecule has 4 rings (SSSR count). The van der Waals surface area contributed by atoms with E-state index in [-0.39, 0.29) is 45.9 Å². The first-order chi connectivity index (χ1) is 16.0. The molecule has 1 aromatic carbocycles. The zero-order valence-corrected chi connectivity index (χ0v) is 18.3. The molecule has 3 heterocycles. The molecule has 3 aromatic rings. The van der Waals surface area contributed by atoms with E-state index in [1.165, 1.54) is 26.5 Å². The lowest BCUT2D eigenvalue weighted by Gasteiger charge is -2.28. The molecule has 0 radical (unpaired) electrons. The molecule has 0 aliphatic carbocycles. The summed E-state index contributed by atoms with van der Waals surface area (Å²) in [6.45, 7) is 0.799. The van der Waals surface area contributed by atoms with Crippen molar-refractivity contribution in [1.82, 2.24) is 15.0 Å². The number of halogens is 3. The van der Waals surface area contributed by atoms with Gasteiger partial charge in [0, 0.05) is 29.2 Å². The lowest BCUT2D eigenvalue weighted by molar-refractivity contribution is 0.0767. The van der Waals surface area contributed by atoms with Gasteiger partial charge < -0.3 is 19.5 Å². The number of hydrogen-bond acceptors (Lipinski definition) is 8. The van der Waals surface area contributed by atoms with Gasteiger partial charge in [-0.25, -0.2) is 23.7 Å². The maximum absolute atomic E-state index is 14.9. The quantitative estimate of drug-likeness (QED) is 0.239. The van der Waals surface area contributed by atoms with E-state index in [4.69, 9.17) is 31.3 Å². The van der Waals surface area contributed by atoms with Gasteiger partial charge in [-0.1, -0.05) is 16.7 Å². The molecule has 2 atom stereocenters. The molecule has 2 aromatic heterocycles. The Labute approximate surface area is 191 Å². The Morgan fingerprint density at radius 1 is 1.21 bits per heavy atom. The second kappa shape index (κ2) is 9.57. The number of nitrogens with one attached hydrogen (secondary N) is 1. The van der Waals surface area contributed by atoms with E-state index in [1.807, 2.05) is 0 Å². The standard InChI is InChI=1S/C20H18ClF2N7O3/c1-31-13-6-14(32-2)17(23)15(16(13)22)11-5-9-7-25-20(28-18(9)19(21)26-11)27-12-8-33-4-3-10(12)29-30-24/h5-7,10,12H,3-4,8H2,1-2H3,(H,25,27,28)/t10?,12-/m1/s1. The van der Waals surface area contributed by atoms with Crippen LogP contribution in [0.3, 0.4) is 0 Å². The summed E-state index contributed by atoms with van der Waals surface area (Å²) in [6, 6.07) is 1.87. The lowest BCUT2D eigenvalue weighted by Crippen LogP contribution is -2.41. The molecule has 1 N–H and O–H groups in total. The van der Waals surface area contributed by atoms with Crippen molar-refractivity contribution >= 4 is 28.5 Å². The van der Waals surface area contributed by atoms with Gasteiger partial charge in [-0.15, -0.1) is 0 Å². The molecule has 13 heteroatoms.